The van der Waals surface area contributed by atoms with E-state index in [1.165, 1.54) is 5.01 Å². The van der Waals surface area contributed by atoms with Crippen LogP contribution in [0.4, 0.5) is 23.3 Å². The van der Waals surface area contributed by atoms with Gasteiger partial charge < -0.3 is 29.9 Å². The molecule has 2 fully saturated rings. The van der Waals surface area contributed by atoms with Crippen LogP contribution in [0.1, 0.15) is 0 Å². The van der Waals surface area contributed by atoms with Gasteiger partial charge in [-0.1, -0.05) is 6.07 Å². The summed E-state index contributed by atoms with van der Waals surface area (Å²) in [6, 6.07) is 15.2. The van der Waals surface area contributed by atoms with Crippen LogP contribution in [0.2, 0.25) is 0 Å². The van der Waals surface area contributed by atoms with Crippen molar-refractivity contribution in [2.75, 3.05) is 81.4 Å². The molecule has 10 heterocycles. The molecule has 0 saturated carbocycles. The lowest BCUT2D eigenvalue weighted by molar-refractivity contribution is 0.417. The molecule has 310 valence electrons. The number of anilines is 4. The first kappa shape index (κ1) is 38.6. The van der Waals surface area contributed by atoms with Gasteiger partial charge in [0.2, 0.25) is 0 Å². The largest absolute Gasteiger partial charge is 0.494 e. The highest BCUT2D eigenvalue weighted by Crippen LogP contribution is 2.40. The van der Waals surface area contributed by atoms with Crippen LogP contribution in [0.5, 0.6) is 11.5 Å². The summed E-state index contributed by atoms with van der Waals surface area (Å²) in [6.45, 7) is 6.50. The quantitative estimate of drug-likeness (QED) is 0.129. The van der Waals surface area contributed by atoms with E-state index >= 15 is 0 Å². The monoisotopic (exact) mass is 826 g/mol. The molecule has 2 aliphatic rings. The Balaban J connectivity index is 1.06. The number of hydrazine groups is 1. The minimum absolute atomic E-state index is 0.411. The third kappa shape index (κ3) is 7.25. The van der Waals surface area contributed by atoms with Gasteiger partial charge in [0.25, 0.3) is 0 Å². The molecule has 0 atom stereocenters. The van der Waals surface area contributed by atoms with Crippen molar-refractivity contribution in [2.24, 2.45) is 5.84 Å². The Morgan fingerprint density at radius 1 is 0.597 bits per heavy atom. The molecule has 2 saturated heterocycles. The number of nitrogens with two attached hydrogens (primary N) is 1. The normalized spacial score (nSPS) is 14.3. The van der Waals surface area contributed by atoms with E-state index in [4.69, 9.17) is 55.2 Å². The second-order valence-electron chi connectivity index (χ2n) is 14.7. The van der Waals surface area contributed by atoms with Gasteiger partial charge in [-0.25, -0.2) is 40.8 Å². The molecule has 10 rings (SSSR count). The lowest BCUT2D eigenvalue weighted by atomic mass is 10.0. The number of hydrogen-bond donors (Lipinski definition) is 3. The third-order valence-electron chi connectivity index (χ3n) is 11.0. The maximum atomic E-state index is 7.04. The summed E-state index contributed by atoms with van der Waals surface area (Å²) in [6.07, 6.45) is 13.7. The van der Waals surface area contributed by atoms with Gasteiger partial charge in [-0.2, -0.15) is 0 Å². The number of nitrogens with one attached hydrogen (secondary N) is 2. The van der Waals surface area contributed by atoms with Gasteiger partial charge in [0, 0.05) is 93.8 Å². The maximum absolute atomic E-state index is 7.04. The molecule has 62 heavy (non-hydrogen) atoms. The Hall–Kier alpha value is -7.54. The Bertz CT molecular complexity index is 2910. The van der Waals surface area contributed by atoms with E-state index in [0.29, 0.717) is 68.3 Å². The standard InChI is InChI=1S/C44H42N16O2/c1-61-34-25-48-23-32-38(34)43(58-17-13-46-14-18-58)56-40(54-32)27-6-10-51-31(21-27)29-8-12-53-42(37(29)30-5-3-4-9-50-30)60(45)36-22-28(7-11-52-36)41-55-33-24-49-26-35(62-2)39(33)44(57-41)59-19-15-47-16-20-59/h3-12,21-26,46-47H,13-20,45H2,1-2H3. The first-order valence-corrected chi connectivity index (χ1v) is 20.3. The molecule has 18 heteroatoms. The molecule has 0 bridgehead atoms. The van der Waals surface area contributed by atoms with Crippen LogP contribution in [0, 0.1) is 0 Å². The average Bonchev–Trinajstić information content (AvgIpc) is 3.35. The fraction of sp³-hybridized carbons (Fsp3) is 0.227. The molecule has 0 spiro atoms. The topological polar surface area (TPSA) is 207 Å². The van der Waals surface area contributed by atoms with Crippen LogP contribution in [0.15, 0.2) is 98.1 Å². The molecule has 18 nitrogen and oxygen atoms in total. The molecular weight excluding hydrogens is 785 g/mol. The van der Waals surface area contributed by atoms with Gasteiger partial charge in [-0.05, 0) is 42.5 Å². The molecule has 0 aromatic carbocycles. The second kappa shape index (κ2) is 16.8. The highest BCUT2D eigenvalue weighted by molar-refractivity contribution is 5.97. The van der Waals surface area contributed by atoms with Crippen molar-refractivity contribution in [3.05, 3.63) is 98.1 Å². The molecule has 8 aromatic heterocycles. The predicted molar refractivity (Wildman–Crippen MR) is 237 cm³/mol. The SMILES string of the molecule is COc1cncc2nc(-c3ccnc(-c4ccnc(N(N)c5cc(-c6nc(N7CCNCC7)c7c(OC)cncc7n6)ccn5)c4-c4ccccn4)c3)nc(N3CCNCC3)c12. The smallest absolute Gasteiger partial charge is 0.162 e. The Kier molecular flexibility index (Phi) is 10.5. The number of aromatic nitrogens is 10. The van der Waals surface area contributed by atoms with E-state index in [-0.39, 0.29) is 0 Å². The fourth-order valence-corrected chi connectivity index (χ4v) is 7.97. The Morgan fingerprint density at radius 3 is 1.74 bits per heavy atom. The number of piperazine rings is 2. The number of methoxy groups -OCH3 is 2. The van der Waals surface area contributed by atoms with Crippen molar-refractivity contribution in [3.63, 3.8) is 0 Å². The fourth-order valence-electron chi connectivity index (χ4n) is 7.97. The molecule has 0 radical (unpaired) electrons. The molecule has 0 aliphatic carbocycles. The zero-order chi connectivity index (χ0) is 42.0. The van der Waals surface area contributed by atoms with Crippen LogP contribution < -0.4 is 40.8 Å². The summed E-state index contributed by atoms with van der Waals surface area (Å²) in [4.78, 5) is 52.7. The average molecular weight is 827 g/mol. The van der Waals surface area contributed by atoms with E-state index < -0.39 is 0 Å². The number of fused-ring (bicyclic) bond motifs is 2. The molecule has 4 N–H and O–H groups in total. The van der Waals surface area contributed by atoms with Gasteiger partial charge in [0.15, 0.2) is 17.5 Å². The van der Waals surface area contributed by atoms with Crippen LogP contribution in [0.3, 0.4) is 0 Å². The second-order valence-corrected chi connectivity index (χ2v) is 14.7. The Labute approximate surface area is 356 Å². The summed E-state index contributed by atoms with van der Waals surface area (Å²) >= 11 is 0. The van der Waals surface area contributed by atoms with Crippen LogP contribution in [-0.4, -0.2) is 116 Å². The van der Waals surface area contributed by atoms with Crippen molar-refractivity contribution in [3.8, 4) is 56.8 Å². The summed E-state index contributed by atoms with van der Waals surface area (Å²) < 4.78 is 11.5. The van der Waals surface area contributed by atoms with Crippen molar-refractivity contribution in [1.82, 2.24) is 60.5 Å². The van der Waals surface area contributed by atoms with Gasteiger partial charge in [0.1, 0.15) is 29.0 Å². The van der Waals surface area contributed by atoms with Crippen LogP contribution in [0.25, 0.3) is 67.1 Å². The molecular formula is C44H42N16O2. The molecule has 0 unspecified atom stereocenters. The van der Waals surface area contributed by atoms with Crippen molar-refractivity contribution in [2.45, 2.75) is 0 Å². The number of rotatable bonds is 10. The first-order chi connectivity index (χ1) is 30.6. The zero-order valence-corrected chi connectivity index (χ0v) is 34.1. The Morgan fingerprint density at radius 2 is 1.16 bits per heavy atom. The minimum atomic E-state index is 0.411. The number of pyridine rings is 6. The van der Waals surface area contributed by atoms with E-state index in [2.05, 4.69) is 30.4 Å². The summed E-state index contributed by atoms with van der Waals surface area (Å²) in [7, 11) is 3.27. The van der Waals surface area contributed by atoms with Gasteiger partial charge in [0.05, 0.1) is 77.8 Å². The van der Waals surface area contributed by atoms with Crippen LogP contribution >= 0.6 is 0 Å². The van der Waals surface area contributed by atoms with E-state index in [1.54, 1.807) is 63.8 Å². The predicted octanol–water partition coefficient (Wildman–Crippen LogP) is 4.46. The number of ether oxygens (including phenoxy) is 2. The molecule has 8 aromatic rings. The molecule has 0 amide bonds. The maximum Gasteiger partial charge on any atom is 0.162 e. The lowest BCUT2D eigenvalue weighted by Gasteiger charge is -2.29. The number of hydrogen-bond acceptors (Lipinski definition) is 18. The van der Waals surface area contributed by atoms with Gasteiger partial charge >= 0.3 is 0 Å². The van der Waals surface area contributed by atoms with Gasteiger partial charge in [-0.15, -0.1) is 0 Å². The first-order valence-electron chi connectivity index (χ1n) is 20.3. The minimum Gasteiger partial charge on any atom is -0.494 e. The van der Waals surface area contributed by atoms with Gasteiger partial charge in [-0.3, -0.25) is 19.9 Å². The van der Waals surface area contributed by atoms with Crippen molar-refractivity contribution >= 4 is 45.1 Å². The third-order valence-corrected chi connectivity index (χ3v) is 11.0. The summed E-state index contributed by atoms with van der Waals surface area (Å²) in [5, 5.41) is 9.94. The van der Waals surface area contributed by atoms with E-state index in [1.807, 2.05) is 48.5 Å². The summed E-state index contributed by atoms with van der Waals surface area (Å²) in [5.41, 5.74) is 5.51. The highest BCUT2D eigenvalue weighted by Gasteiger charge is 2.25. The van der Waals surface area contributed by atoms with E-state index in [9.17, 15) is 0 Å². The number of nitrogens with zero attached hydrogens (tertiary/aromatic N) is 13. The summed E-state index contributed by atoms with van der Waals surface area (Å²) in [5.74, 6) is 11.7. The molecule has 2 aliphatic heterocycles. The van der Waals surface area contributed by atoms with Crippen molar-refractivity contribution < 1.29 is 9.47 Å². The van der Waals surface area contributed by atoms with Crippen molar-refractivity contribution in [1.29, 1.82) is 0 Å². The lowest BCUT2D eigenvalue weighted by Crippen LogP contribution is -2.44. The zero-order valence-electron chi connectivity index (χ0n) is 34.1. The van der Waals surface area contributed by atoms with Crippen LogP contribution in [-0.2, 0) is 0 Å². The highest BCUT2D eigenvalue weighted by atomic mass is 16.5. The van der Waals surface area contributed by atoms with E-state index in [0.717, 1.165) is 85.9 Å².